The summed E-state index contributed by atoms with van der Waals surface area (Å²) in [7, 11) is 1.79. The van der Waals surface area contributed by atoms with E-state index in [0.29, 0.717) is 6.10 Å². The van der Waals surface area contributed by atoms with E-state index in [2.05, 4.69) is 31.7 Å². The van der Waals surface area contributed by atoms with Gasteiger partial charge in [0.05, 0.1) is 23.7 Å². The molecule has 0 spiro atoms. The van der Waals surface area contributed by atoms with Crippen LogP contribution < -0.4 is 10.6 Å². The van der Waals surface area contributed by atoms with E-state index >= 15 is 0 Å². The minimum absolute atomic E-state index is 0. The molecule has 0 amide bonds. The van der Waals surface area contributed by atoms with E-state index < -0.39 is 0 Å². The molecule has 1 aliphatic heterocycles. The highest BCUT2D eigenvalue weighted by Gasteiger charge is 2.14. The number of fused-ring (bicyclic) bond motifs is 1. The molecule has 1 atom stereocenters. The summed E-state index contributed by atoms with van der Waals surface area (Å²) in [5, 5.41) is 6.67. The average molecular weight is 501 g/mol. The van der Waals surface area contributed by atoms with Crippen molar-refractivity contribution in [1.29, 1.82) is 0 Å². The molecule has 2 aromatic rings. The molecule has 1 aromatic carbocycles. The Kier molecular flexibility index (Phi) is 10.6. The lowest BCUT2D eigenvalue weighted by Crippen LogP contribution is -2.38. The molecule has 0 saturated carbocycles. The molecule has 3 rings (SSSR count). The van der Waals surface area contributed by atoms with Crippen LogP contribution in [0.15, 0.2) is 29.3 Å². The molecule has 0 radical (unpaired) electrons. The summed E-state index contributed by atoms with van der Waals surface area (Å²) < 4.78 is 11.2. The fourth-order valence-corrected chi connectivity index (χ4v) is 3.18. The summed E-state index contributed by atoms with van der Waals surface area (Å²) >= 11 is 0. The normalized spacial score (nSPS) is 16.9. The zero-order chi connectivity index (χ0) is 18.7. The second-order valence-electron chi connectivity index (χ2n) is 6.79. The molecule has 1 fully saturated rings. The van der Waals surface area contributed by atoms with Crippen LogP contribution in [0.1, 0.15) is 31.5 Å². The first-order valence-corrected chi connectivity index (χ1v) is 9.92. The van der Waals surface area contributed by atoms with Crippen molar-refractivity contribution in [3.63, 3.8) is 0 Å². The zero-order valence-electron chi connectivity index (χ0n) is 16.6. The molecule has 3 N–H and O–H groups in total. The van der Waals surface area contributed by atoms with Crippen molar-refractivity contribution in [3.8, 4) is 0 Å². The maximum atomic E-state index is 5.67. The van der Waals surface area contributed by atoms with Gasteiger partial charge in [0.1, 0.15) is 5.82 Å². The number of halogens is 1. The van der Waals surface area contributed by atoms with Crippen molar-refractivity contribution < 1.29 is 9.47 Å². The van der Waals surface area contributed by atoms with E-state index in [1.165, 1.54) is 0 Å². The lowest BCUT2D eigenvalue weighted by atomic mass is 10.2. The van der Waals surface area contributed by atoms with Gasteiger partial charge < -0.3 is 25.1 Å². The van der Waals surface area contributed by atoms with E-state index in [4.69, 9.17) is 9.47 Å². The van der Waals surface area contributed by atoms with Gasteiger partial charge in [-0.1, -0.05) is 12.1 Å². The SMILES string of the molecule is CN=C(NCCCOCC1CCCO1)NCCCc1nc2ccccc2[nH]1.I. The first kappa shape index (κ1) is 22.9. The summed E-state index contributed by atoms with van der Waals surface area (Å²) in [6, 6.07) is 8.12. The molecule has 1 unspecified atom stereocenters. The summed E-state index contributed by atoms with van der Waals surface area (Å²) in [5.41, 5.74) is 2.12. The van der Waals surface area contributed by atoms with Crippen molar-refractivity contribution in [2.75, 3.05) is 40.0 Å². The molecule has 1 saturated heterocycles. The average Bonchev–Trinajstić information content (AvgIpc) is 3.35. The maximum Gasteiger partial charge on any atom is 0.190 e. The number of hydrogen-bond donors (Lipinski definition) is 3. The number of aromatic nitrogens is 2. The Labute approximate surface area is 184 Å². The summed E-state index contributed by atoms with van der Waals surface area (Å²) in [5.74, 6) is 1.86. The molecule has 8 heteroatoms. The molecule has 2 heterocycles. The first-order valence-electron chi connectivity index (χ1n) is 9.92. The smallest absolute Gasteiger partial charge is 0.190 e. The second kappa shape index (κ2) is 12.9. The Morgan fingerprint density at radius 3 is 2.86 bits per heavy atom. The van der Waals surface area contributed by atoms with Gasteiger partial charge in [-0.2, -0.15) is 0 Å². The van der Waals surface area contributed by atoms with Gasteiger partial charge in [0.2, 0.25) is 0 Å². The predicted octanol–water partition coefficient (Wildman–Crippen LogP) is 2.86. The number of guanidine groups is 1. The predicted molar refractivity (Wildman–Crippen MR) is 124 cm³/mol. The number of ether oxygens (including phenoxy) is 2. The van der Waals surface area contributed by atoms with Gasteiger partial charge in [-0.05, 0) is 37.8 Å². The number of nitrogens with zero attached hydrogens (tertiary/aromatic N) is 2. The van der Waals surface area contributed by atoms with Crippen LogP contribution in [-0.4, -0.2) is 62.0 Å². The van der Waals surface area contributed by atoms with Gasteiger partial charge >= 0.3 is 0 Å². The van der Waals surface area contributed by atoms with Crippen LogP contribution in [0, 0.1) is 0 Å². The molecule has 28 heavy (non-hydrogen) atoms. The lowest BCUT2D eigenvalue weighted by Gasteiger charge is -2.12. The maximum absolute atomic E-state index is 5.67. The highest BCUT2D eigenvalue weighted by Crippen LogP contribution is 2.12. The number of imidazole rings is 1. The van der Waals surface area contributed by atoms with Gasteiger partial charge in [0, 0.05) is 39.8 Å². The minimum atomic E-state index is 0. The summed E-state index contributed by atoms with van der Waals surface area (Å²) in [6.07, 6.45) is 5.45. The van der Waals surface area contributed by atoms with Crippen LogP contribution in [0.25, 0.3) is 11.0 Å². The van der Waals surface area contributed by atoms with E-state index in [1.807, 2.05) is 18.2 Å². The van der Waals surface area contributed by atoms with Gasteiger partial charge in [0.25, 0.3) is 0 Å². The number of aliphatic imine (C=N–C) groups is 1. The molecule has 0 aliphatic carbocycles. The fourth-order valence-electron chi connectivity index (χ4n) is 3.18. The van der Waals surface area contributed by atoms with Crippen LogP contribution in [0.3, 0.4) is 0 Å². The molecular formula is C20H32IN5O2. The van der Waals surface area contributed by atoms with Crippen LogP contribution in [0.5, 0.6) is 0 Å². The molecule has 1 aliphatic rings. The van der Waals surface area contributed by atoms with Gasteiger partial charge in [-0.15, -0.1) is 24.0 Å². The van der Waals surface area contributed by atoms with Crippen molar-refractivity contribution >= 4 is 41.0 Å². The number of benzene rings is 1. The highest BCUT2D eigenvalue weighted by atomic mass is 127. The number of nitrogens with one attached hydrogen (secondary N) is 3. The number of H-pyrrole nitrogens is 1. The Morgan fingerprint density at radius 1 is 1.29 bits per heavy atom. The number of aryl methyl sites for hydroxylation is 1. The molecule has 0 bridgehead atoms. The van der Waals surface area contributed by atoms with Crippen LogP contribution in [0.4, 0.5) is 0 Å². The Balaban J connectivity index is 0.00000280. The van der Waals surface area contributed by atoms with E-state index in [9.17, 15) is 0 Å². The molecule has 1 aromatic heterocycles. The van der Waals surface area contributed by atoms with Crippen LogP contribution in [-0.2, 0) is 15.9 Å². The Morgan fingerprint density at radius 2 is 2.11 bits per heavy atom. The summed E-state index contributed by atoms with van der Waals surface area (Å²) in [4.78, 5) is 12.2. The molecule has 7 nitrogen and oxygen atoms in total. The van der Waals surface area contributed by atoms with Crippen molar-refractivity contribution in [1.82, 2.24) is 20.6 Å². The largest absolute Gasteiger partial charge is 0.379 e. The third-order valence-electron chi connectivity index (χ3n) is 4.63. The van der Waals surface area contributed by atoms with Gasteiger partial charge in [0.15, 0.2) is 5.96 Å². The number of rotatable bonds is 10. The zero-order valence-corrected chi connectivity index (χ0v) is 18.9. The topological polar surface area (TPSA) is 83.6 Å². The van der Waals surface area contributed by atoms with Crippen molar-refractivity contribution in [3.05, 3.63) is 30.1 Å². The number of aromatic amines is 1. The second-order valence-corrected chi connectivity index (χ2v) is 6.79. The quantitative estimate of drug-likeness (QED) is 0.202. The number of hydrogen-bond acceptors (Lipinski definition) is 4. The standard InChI is InChI=1S/C20H31N5O2.HI/c1-21-20(23-12-6-13-26-15-16-7-5-14-27-16)22-11-4-10-19-24-17-8-2-3-9-18(17)25-19;/h2-3,8-9,16H,4-7,10-15H2,1H3,(H,24,25)(H2,21,22,23);1H. The van der Waals surface area contributed by atoms with Gasteiger partial charge in [-0.3, -0.25) is 4.99 Å². The van der Waals surface area contributed by atoms with Crippen molar-refractivity contribution in [2.45, 2.75) is 38.2 Å². The van der Waals surface area contributed by atoms with Crippen LogP contribution in [0.2, 0.25) is 0 Å². The molecule has 156 valence electrons. The number of para-hydroxylation sites is 2. The lowest BCUT2D eigenvalue weighted by molar-refractivity contribution is 0.0168. The van der Waals surface area contributed by atoms with E-state index in [0.717, 1.165) is 87.8 Å². The highest BCUT2D eigenvalue weighted by molar-refractivity contribution is 14.0. The van der Waals surface area contributed by atoms with E-state index in [1.54, 1.807) is 7.05 Å². The third kappa shape index (κ3) is 7.56. The van der Waals surface area contributed by atoms with Crippen molar-refractivity contribution in [2.24, 2.45) is 4.99 Å². The Hall–Kier alpha value is -1.39. The Bertz CT molecular complexity index is 682. The monoisotopic (exact) mass is 501 g/mol. The van der Waals surface area contributed by atoms with E-state index in [-0.39, 0.29) is 24.0 Å². The first-order chi connectivity index (χ1) is 13.3. The third-order valence-corrected chi connectivity index (χ3v) is 4.63. The summed E-state index contributed by atoms with van der Waals surface area (Å²) in [6.45, 7) is 4.04. The fraction of sp³-hybridized carbons (Fsp3) is 0.600. The molecular weight excluding hydrogens is 469 g/mol. The van der Waals surface area contributed by atoms with Crippen LogP contribution >= 0.6 is 24.0 Å². The van der Waals surface area contributed by atoms with Gasteiger partial charge in [-0.25, -0.2) is 4.98 Å². The minimum Gasteiger partial charge on any atom is -0.379 e.